The lowest BCUT2D eigenvalue weighted by Gasteiger charge is -2.10. The lowest BCUT2D eigenvalue weighted by molar-refractivity contribution is 0.102. The van der Waals surface area contributed by atoms with Crippen molar-refractivity contribution in [2.75, 3.05) is 17.7 Å². The van der Waals surface area contributed by atoms with Gasteiger partial charge in [-0.15, -0.1) is 0 Å². The summed E-state index contributed by atoms with van der Waals surface area (Å²) in [4.78, 5) is 36.4. The Balaban J connectivity index is 1.49. The molecule has 8 nitrogen and oxygen atoms in total. The largest absolute Gasteiger partial charge is 0.496 e. The number of carbonyl (C=O) groups excluding carboxylic acids is 1. The maximum atomic E-state index is 12.9. The van der Waals surface area contributed by atoms with Gasteiger partial charge in [-0.2, -0.15) is 0 Å². The zero-order chi connectivity index (χ0) is 24.2. The van der Waals surface area contributed by atoms with E-state index in [2.05, 4.69) is 25.6 Å². The molecule has 0 saturated carbocycles. The van der Waals surface area contributed by atoms with Crippen molar-refractivity contribution in [3.63, 3.8) is 0 Å². The highest BCUT2D eigenvalue weighted by Crippen LogP contribution is 2.29. The highest BCUT2D eigenvalue weighted by Gasteiger charge is 2.18. The molecule has 0 saturated heterocycles. The van der Waals surface area contributed by atoms with Crippen molar-refractivity contribution < 1.29 is 9.53 Å². The maximum absolute atomic E-state index is 12.9. The Morgan fingerprint density at radius 2 is 1.74 bits per heavy atom. The average molecular weight is 466 g/mol. The number of methoxy groups -OCH3 is 1. The van der Waals surface area contributed by atoms with E-state index in [1.54, 1.807) is 42.6 Å². The lowest BCUT2D eigenvalue weighted by Crippen LogP contribution is -2.13. The van der Waals surface area contributed by atoms with Crippen molar-refractivity contribution >= 4 is 28.3 Å². The molecule has 0 bridgehead atoms. The van der Waals surface area contributed by atoms with Gasteiger partial charge in [-0.1, -0.05) is 48.5 Å². The molecule has 5 rings (SSSR count). The predicted octanol–water partition coefficient (Wildman–Crippen LogP) is 4.79. The van der Waals surface area contributed by atoms with Crippen LogP contribution in [0.3, 0.4) is 0 Å². The molecule has 1 amide bonds. The van der Waals surface area contributed by atoms with Gasteiger partial charge in [0.15, 0.2) is 0 Å². The molecular weight excluding hydrogens is 442 g/mol. The number of amides is 1. The van der Waals surface area contributed by atoms with Gasteiger partial charge in [-0.05, 0) is 35.9 Å². The third-order valence-electron chi connectivity index (χ3n) is 5.64. The second kappa shape index (κ2) is 9.56. The van der Waals surface area contributed by atoms with Crippen molar-refractivity contribution in [3.8, 4) is 17.1 Å². The topological polar surface area (TPSA) is 112 Å². The second-order valence-corrected chi connectivity index (χ2v) is 7.88. The Morgan fingerprint density at radius 1 is 0.943 bits per heavy atom. The van der Waals surface area contributed by atoms with E-state index in [0.717, 1.165) is 5.56 Å². The van der Waals surface area contributed by atoms with E-state index in [-0.39, 0.29) is 11.5 Å². The summed E-state index contributed by atoms with van der Waals surface area (Å²) in [6.45, 7) is 0.553. The number of ether oxygens (including phenoxy) is 1. The molecule has 35 heavy (non-hydrogen) atoms. The summed E-state index contributed by atoms with van der Waals surface area (Å²) in [5.41, 5.74) is 4.02. The van der Waals surface area contributed by atoms with Gasteiger partial charge in [0.2, 0.25) is 0 Å². The van der Waals surface area contributed by atoms with Gasteiger partial charge >= 0.3 is 0 Å². The summed E-state index contributed by atoms with van der Waals surface area (Å²) in [5, 5.41) is 6.24. The molecule has 3 aromatic carbocycles. The molecule has 5 aromatic rings. The zero-order valence-corrected chi connectivity index (χ0v) is 19.0. The fourth-order valence-electron chi connectivity index (χ4n) is 3.93. The number of hydrogen-bond donors (Lipinski definition) is 4. The van der Waals surface area contributed by atoms with Gasteiger partial charge in [-0.25, -0.2) is 4.98 Å². The predicted molar refractivity (Wildman–Crippen MR) is 137 cm³/mol. The number of para-hydroxylation sites is 2. The highest BCUT2D eigenvalue weighted by molar-refractivity contribution is 6.09. The van der Waals surface area contributed by atoms with E-state index in [4.69, 9.17) is 4.74 Å². The van der Waals surface area contributed by atoms with Crippen molar-refractivity contribution in [3.05, 3.63) is 107 Å². The smallest absolute Gasteiger partial charge is 0.261 e. The molecule has 0 unspecified atom stereocenters. The van der Waals surface area contributed by atoms with Crippen LogP contribution in [0.1, 0.15) is 15.9 Å². The van der Waals surface area contributed by atoms with E-state index in [0.29, 0.717) is 51.7 Å². The molecule has 0 aliphatic heterocycles. The van der Waals surface area contributed by atoms with Crippen LogP contribution in [0, 0.1) is 0 Å². The van der Waals surface area contributed by atoms with E-state index in [1.807, 2.05) is 42.5 Å². The molecular formula is C27H23N5O3. The third-order valence-corrected chi connectivity index (χ3v) is 5.64. The van der Waals surface area contributed by atoms with Crippen molar-refractivity contribution in [2.45, 2.75) is 6.54 Å². The monoisotopic (exact) mass is 465 g/mol. The summed E-state index contributed by atoms with van der Waals surface area (Å²) < 4.78 is 5.31. The quantitative estimate of drug-likeness (QED) is 0.276. The first-order valence-electron chi connectivity index (χ1n) is 11.1. The molecule has 8 heteroatoms. The number of carbonyl (C=O) groups is 1. The Bertz CT molecular complexity index is 1560. The Kier molecular flexibility index (Phi) is 6.00. The summed E-state index contributed by atoms with van der Waals surface area (Å²) >= 11 is 0. The first-order chi connectivity index (χ1) is 17.1. The number of benzene rings is 3. The second-order valence-electron chi connectivity index (χ2n) is 7.88. The fraction of sp³-hybridized carbons (Fsp3) is 0.0741. The number of rotatable bonds is 7. The van der Waals surface area contributed by atoms with Crippen LogP contribution in [0.15, 0.2) is 89.9 Å². The maximum Gasteiger partial charge on any atom is 0.261 e. The molecule has 0 aliphatic rings. The number of aromatic amines is 2. The number of nitrogens with zero attached hydrogens (tertiary/aromatic N) is 1. The van der Waals surface area contributed by atoms with Crippen LogP contribution in [0.25, 0.3) is 22.4 Å². The molecule has 2 aromatic heterocycles. The first kappa shape index (κ1) is 22.0. The first-order valence-corrected chi connectivity index (χ1v) is 11.1. The summed E-state index contributed by atoms with van der Waals surface area (Å²) in [6.07, 6.45) is 1.60. The van der Waals surface area contributed by atoms with Crippen LogP contribution >= 0.6 is 0 Å². The average Bonchev–Trinajstić information content (AvgIpc) is 3.33. The number of aromatic nitrogens is 3. The number of fused-ring (bicyclic) bond motifs is 1. The van der Waals surface area contributed by atoms with Gasteiger partial charge < -0.3 is 25.3 Å². The van der Waals surface area contributed by atoms with Gasteiger partial charge in [0.25, 0.3) is 11.5 Å². The highest BCUT2D eigenvalue weighted by atomic mass is 16.5. The van der Waals surface area contributed by atoms with Crippen LogP contribution in [-0.2, 0) is 6.54 Å². The van der Waals surface area contributed by atoms with E-state index < -0.39 is 0 Å². The minimum absolute atomic E-state index is 0.276. The Labute approximate surface area is 201 Å². The van der Waals surface area contributed by atoms with E-state index in [9.17, 15) is 9.59 Å². The van der Waals surface area contributed by atoms with E-state index in [1.165, 1.54) is 7.11 Å². The molecule has 0 radical (unpaired) electrons. The number of pyridine rings is 1. The molecule has 0 spiro atoms. The van der Waals surface area contributed by atoms with Crippen LogP contribution in [0.2, 0.25) is 0 Å². The molecule has 0 atom stereocenters. The summed E-state index contributed by atoms with van der Waals surface area (Å²) in [5.74, 6) is 0.559. The molecule has 0 aliphatic carbocycles. The summed E-state index contributed by atoms with van der Waals surface area (Å²) in [6, 6.07) is 24.1. The Hall–Kier alpha value is -4.85. The van der Waals surface area contributed by atoms with Crippen molar-refractivity contribution in [1.29, 1.82) is 0 Å². The molecule has 174 valence electrons. The minimum Gasteiger partial charge on any atom is -0.496 e. The zero-order valence-electron chi connectivity index (χ0n) is 19.0. The van der Waals surface area contributed by atoms with Crippen LogP contribution < -0.4 is 20.9 Å². The molecule has 2 heterocycles. The number of nitrogens with one attached hydrogen (secondary N) is 4. The standard InChI is InChI=1S/C27H23N5O3/c1-35-22-13-6-5-10-18(22)26(33)31-21-12-7-11-20-24(21)32-25(30-20)23-19(14-15-28-27(23)34)29-16-17-8-3-2-4-9-17/h2-15H,16H2,1H3,(H,30,32)(H,31,33)(H2,28,29,34). The third kappa shape index (κ3) is 4.49. The molecule has 0 fully saturated rings. The van der Waals surface area contributed by atoms with Gasteiger partial charge in [0.05, 0.1) is 29.6 Å². The van der Waals surface area contributed by atoms with Crippen molar-refractivity contribution in [1.82, 2.24) is 15.0 Å². The lowest BCUT2D eigenvalue weighted by atomic mass is 10.1. The normalized spacial score (nSPS) is 10.8. The Morgan fingerprint density at radius 3 is 2.57 bits per heavy atom. The van der Waals surface area contributed by atoms with E-state index >= 15 is 0 Å². The minimum atomic E-state index is -0.317. The number of hydrogen-bond acceptors (Lipinski definition) is 5. The number of anilines is 2. The van der Waals surface area contributed by atoms with Crippen LogP contribution in [-0.4, -0.2) is 28.0 Å². The van der Waals surface area contributed by atoms with Crippen LogP contribution in [0.5, 0.6) is 5.75 Å². The van der Waals surface area contributed by atoms with Crippen molar-refractivity contribution in [2.24, 2.45) is 0 Å². The number of H-pyrrole nitrogens is 2. The van der Waals surface area contributed by atoms with Gasteiger partial charge in [0.1, 0.15) is 22.7 Å². The van der Waals surface area contributed by atoms with Gasteiger partial charge in [-0.3, -0.25) is 9.59 Å². The SMILES string of the molecule is COc1ccccc1C(=O)Nc1cccc2[nH]c(-c3c(NCc4ccccc4)cc[nH]c3=O)nc12. The van der Waals surface area contributed by atoms with Crippen LogP contribution in [0.4, 0.5) is 11.4 Å². The molecule has 4 N–H and O–H groups in total. The van der Waals surface area contributed by atoms with Gasteiger partial charge in [0, 0.05) is 12.7 Å². The summed E-state index contributed by atoms with van der Waals surface area (Å²) in [7, 11) is 1.52. The fourth-order valence-corrected chi connectivity index (χ4v) is 3.93. The number of imidazole rings is 1.